The summed E-state index contributed by atoms with van der Waals surface area (Å²) in [5.74, 6) is 0. The number of nitrogens with one attached hydrogen (secondary N) is 1. The Kier molecular flexibility index (Phi) is 5.13. The molecule has 0 fully saturated rings. The van der Waals surface area contributed by atoms with E-state index in [1.54, 1.807) is 18.2 Å². The number of hydrogen-bond acceptors (Lipinski definition) is 6. The van der Waals surface area contributed by atoms with Crippen molar-refractivity contribution in [2.75, 3.05) is 5.43 Å². The summed E-state index contributed by atoms with van der Waals surface area (Å²) in [6.07, 6.45) is -3.74. The molecule has 0 aliphatic carbocycles. The number of halogens is 3. The van der Waals surface area contributed by atoms with Crippen LogP contribution in [0.25, 0.3) is 10.8 Å². The summed E-state index contributed by atoms with van der Waals surface area (Å²) in [5, 5.41) is 27.9. The zero-order valence-corrected chi connectivity index (χ0v) is 14.4. The van der Waals surface area contributed by atoms with Gasteiger partial charge in [0.05, 0.1) is 21.6 Å². The molecule has 3 aromatic rings. The number of nitrogens with zero attached hydrogens (tertiary/aromatic N) is 3. The van der Waals surface area contributed by atoms with E-state index in [4.69, 9.17) is 0 Å². The second-order valence-electron chi connectivity index (χ2n) is 5.88. The van der Waals surface area contributed by atoms with Gasteiger partial charge in [0.25, 0.3) is 0 Å². The average molecular weight is 404 g/mol. The average Bonchev–Trinajstić information content (AvgIpc) is 2.66. The highest BCUT2D eigenvalue weighted by molar-refractivity contribution is 5.90. The van der Waals surface area contributed by atoms with E-state index in [-0.39, 0.29) is 12.1 Å². The third-order valence-electron chi connectivity index (χ3n) is 3.98. The fourth-order valence-electron chi connectivity index (χ4n) is 2.64. The van der Waals surface area contributed by atoms with Gasteiger partial charge in [-0.05, 0) is 22.4 Å². The molecule has 0 unspecified atom stereocenters. The number of alkyl halides is 3. The van der Waals surface area contributed by atoms with Crippen LogP contribution in [0.2, 0.25) is 0 Å². The highest BCUT2D eigenvalue weighted by atomic mass is 19.4. The highest BCUT2D eigenvalue weighted by Gasteiger charge is 2.37. The minimum absolute atomic E-state index is 0.223. The lowest BCUT2D eigenvalue weighted by Gasteiger charge is -2.09. The quantitative estimate of drug-likeness (QED) is 0.360. The van der Waals surface area contributed by atoms with Crippen LogP contribution in [-0.2, 0) is 6.18 Å². The van der Waals surface area contributed by atoms with E-state index >= 15 is 0 Å². The van der Waals surface area contributed by atoms with Crippen molar-refractivity contribution in [1.29, 1.82) is 0 Å². The lowest BCUT2D eigenvalue weighted by Crippen LogP contribution is -2.09. The molecule has 0 heterocycles. The predicted molar refractivity (Wildman–Crippen MR) is 99.9 cm³/mol. The Morgan fingerprint density at radius 3 is 2.03 bits per heavy atom. The molecule has 0 aliphatic heterocycles. The molecule has 1 N–H and O–H groups in total. The van der Waals surface area contributed by atoms with Crippen LogP contribution in [0.5, 0.6) is 0 Å². The SMILES string of the molecule is O=[N+]([O-])c1cc(C(F)(F)F)cc([N+](=O)[O-])c1N/N=C\c1ccc2ccccc2c1. The molecule has 0 radical (unpaired) electrons. The Hall–Kier alpha value is -4.02. The molecule has 0 spiro atoms. The normalized spacial score (nSPS) is 11.7. The van der Waals surface area contributed by atoms with E-state index in [2.05, 4.69) is 10.5 Å². The van der Waals surface area contributed by atoms with E-state index in [0.29, 0.717) is 5.56 Å². The van der Waals surface area contributed by atoms with Crippen molar-refractivity contribution < 1.29 is 23.0 Å². The van der Waals surface area contributed by atoms with Crippen LogP contribution in [0, 0.1) is 20.2 Å². The molecule has 3 rings (SSSR count). The first-order chi connectivity index (χ1) is 13.7. The summed E-state index contributed by atoms with van der Waals surface area (Å²) < 4.78 is 38.7. The van der Waals surface area contributed by atoms with Crippen LogP contribution < -0.4 is 5.43 Å². The first-order valence-electron chi connectivity index (χ1n) is 7.99. The van der Waals surface area contributed by atoms with E-state index < -0.39 is 38.6 Å². The van der Waals surface area contributed by atoms with Crippen molar-refractivity contribution in [3.8, 4) is 0 Å². The molecule has 0 atom stereocenters. The fraction of sp³-hybridized carbons (Fsp3) is 0.0556. The molecule has 0 aliphatic rings. The summed E-state index contributed by atoms with van der Waals surface area (Å²) >= 11 is 0. The Bertz CT molecular complexity index is 1110. The van der Waals surface area contributed by atoms with Gasteiger partial charge >= 0.3 is 17.6 Å². The van der Waals surface area contributed by atoms with Gasteiger partial charge in [-0.2, -0.15) is 18.3 Å². The maximum absolute atomic E-state index is 12.9. The first kappa shape index (κ1) is 19.7. The van der Waals surface area contributed by atoms with E-state index in [9.17, 15) is 33.4 Å². The zero-order chi connectivity index (χ0) is 21.2. The largest absolute Gasteiger partial charge is 0.416 e. The number of rotatable bonds is 5. The number of anilines is 1. The molecular weight excluding hydrogens is 393 g/mol. The molecule has 0 aromatic heterocycles. The Balaban J connectivity index is 1.99. The van der Waals surface area contributed by atoms with Gasteiger partial charge in [-0.3, -0.25) is 25.7 Å². The second-order valence-corrected chi connectivity index (χ2v) is 5.88. The van der Waals surface area contributed by atoms with Gasteiger partial charge in [0, 0.05) is 12.1 Å². The molecule has 0 saturated heterocycles. The lowest BCUT2D eigenvalue weighted by atomic mass is 10.1. The molecule has 0 bridgehead atoms. The Labute approximate surface area is 160 Å². The summed E-state index contributed by atoms with van der Waals surface area (Å²) in [5.41, 5.74) is -1.75. The topological polar surface area (TPSA) is 111 Å². The monoisotopic (exact) mass is 404 g/mol. The van der Waals surface area contributed by atoms with Crippen LogP contribution in [-0.4, -0.2) is 16.1 Å². The third-order valence-corrected chi connectivity index (χ3v) is 3.98. The standard InChI is InChI=1S/C18H11F3N4O4/c19-18(20,21)14-8-15(24(26)27)17(16(9-14)25(28)29)23-22-10-11-5-6-12-3-1-2-4-13(12)7-11/h1-10,23H/b22-10-. The molecule has 29 heavy (non-hydrogen) atoms. The molecule has 0 amide bonds. The molecule has 148 valence electrons. The summed E-state index contributed by atoms with van der Waals surface area (Å²) in [7, 11) is 0. The molecule has 3 aromatic carbocycles. The van der Waals surface area contributed by atoms with Crippen molar-refractivity contribution in [1.82, 2.24) is 0 Å². The number of fused-ring (bicyclic) bond motifs is 1. The van der Waals surface area contributed by atoms with Gasteiger partial charge in [-0.1, -0.05) is 36.4 Å². The maximum atomic E-state index is 12.9. The second kappa shape index (κ2) is 7.54. The van der Waals surface area contributed by atoms with E-state index in [1.165, 1.54) is 6.21 Å². The first-order valence-corrected chi connectivity index (χ1v) is 7.99. The summed E-state index contributed by atoms with van der Waals surface area (Å²) in [6.45, 7) is 0. The van der Waals surface area contributed by atoms with Crippen LogP contribution in [0.15, 0.2) is 59.7 Å². The minimum atomic E-state index is -4.98. The van der Waals surface area contributed by atoms with Crippen molar-refractivity contribution in [3.05, 3.63) is 86.0 Å². The van der Waals surface area contributed by atoms with Crippen LogP contribution in [0.4, 0.5) is 30.2 Å². The number of hydrazone groups is 1. The van der Waals surface area contributed by atoms with Crippen LogP contribution in [0.3, 0.4) is 0 Å². The van der Waals surface area contributed by atoms with Gasteiger partial charge < -0.3 is 0 Å². The maximum Gasteiger partial charge on any atom is 0.416 e. The summed E-state index contributed by atoms with van der Waals surface area (Å²) in [6, 6.07) is 13.1. The van der Waals surface area contributed by atoms with Crippen molar-refractivity contribution >= 4 is 34.0 Å². The van der Waals surface area contributed by atoms with E-state index in [1.807, 2.05) is 24.3 Å². The van der Waals surface area contributed by atoms with Crippen LogP contribution in [0.1, 0.15) is 11.1 Å². The van der Waals surface area contributed by atoms with Gasteiger partial charge in [0.2, 0.25) is 5.69 Å². The predicted octanol–water partition coefficient (Wildman–Crippen LogP) is 5.12. The highest BCUT2D eigenvalue weighted by Crippen LogP contribution is 2.41. The third kappa shape index (κ3) is 4.29. The van der Waals surface area contributed by atoms with Gasteiger partial charge in [-0.15, -0.1) is 0 Å². The van der Waals surface area contributed by atoms with Crippen molar-refractivity contribution in [2.24, 2.45) is 5.10 Å². The fourth-order valence-corrected chi connectivity index (χ4v) is 2.64. The number of hydrogen-bond donors (Lipinski definition) is 1. The number of benzene rings is 3. The van der Waals surface area contributed by atoms with Crippen molar-refractivity contribution in [3.63, 3.8) is 0 Å². The summed E-state index contributed by atoms with van der Waals surface area (Å²) in [4.78, 5) is 20.1. The minimum Gasteiger partial charge on any atom is -0.266 e. The molecular formula is C18H11F3N4O4. The van der Waals surface area contributed by atoms with Gasteiger partial charge in [0.1, 0.15) is 0 Å². The van der Waals surface area contributed by atoms with Crippen LogP contribution >= 0.6 is 0 Å². The Morgan fingerprint density at radius 2 is 1.48 bits per heavy atom. The molecule has 11 heteroatoms. The van der Waals surface area contributed by atoms with Gasteiger partial charge in [0.15, 0.2) is 0 Å². The number of nitro benzene ring substituents is 2. The van der Waals surface area contributed by atoms with Gasteiger partial charge in [-0.25, -0.2) is 0 Å². The zero-order valence-electron chi connectivity index (χ0n) is 14.4. The smallest absolute Gasteiger partial charge is 0.266 e. The molecule has 8 nitrogen and oxygen atoms in total. The van der Waals surface area contributed by atoms with Crippen molar-refractivity contribution in [2.45, 2.75) is 6.18 Å². The molecule has 0 saturated carbocycles. The Morgan fingerprint density at radius 1 is 0.897 bits per heavy atom. The lowest BCUT2D eigenvalue weighted by molar-refractivity contribution is -0.392. The van der Waals surface area contributed by atoms with E-state index in [0.717, 1.165) is 10.8 Å². The number of nitro groups is 2.